The maximum absolute atomic E-state index is 12.5. The zero-order valence-electron chi connectivity index (χ0n) is 13.7. The predicted octanol–water partition coefficient (Wildman–Crippen LogP) is 3.74. The monoisotopic (exact) mass is 343 g/mol. The number of benzene rings is 1. The quantitative estimate of drug-likeness (QED) is 0.542. The highest BCUT2D eigenvalue weighted by molar-refractivity contribution is 7.10. The van der Waals surface area contributed by atoms with E-state index in [2.05, 4.69) is 0 Å². The van der Waals surface area contributed by atoms with Crippen molar-refractivity contribution >= 4 is 29.3 Å². The zero-order chi connectivity index (χ0) is 17.2. The van der Waals surface area contributed by atoms with Crippen LogP contribution in [0.25, 0.3) is 6.08 Å². The molecule has 1 aromatic heterocycles. The van der Waals surface area contributed by atoms with Crippen LogP contribution in [0.1, 0.15) is 23.8 Å². The Morgan fingerprint density at radius 1 is 1.17 bits per heavy atom. The lowest BCUT2D eigenvalue weighted by molar-refractivity contribution is -0.143. The first kappa shape index (κ1) is 17.9. The predicted molar refractivity (Wildman–Crippen MR) is 96.5 cm³/mol. The van der Waals surface area contributed by atoms with Crippen LogP contribution < -0.4 is 0 Å². The second-order valence-electron chi connectivity index (χ2n) is 5.15. The van der Waals surface area contributed by atoms with Crippen LogP contribution in [0.2, 0.25) is 0 Å². The molecule has 0 radical (unpaired) electrons. The maximum Gasteiger partial charge on any atom is 0.307 e. The number of hydrogen-bond acceptors (Lipinski definition) is 4. The minimum absolute atomic E-state index is 0.114. The molecule has 1 heterocycles. The number of ether oxygens (including phenoxy) is 1. The van der Waals surface area contributed by atoms with Gasteiger partial charge in [-0.1, -0.05) is 36.4 Å². The van der Waals surface area contributed by atoms with Crippen LogP contribution in [0.4, 0.5) is 0 Å². The SMILES string of the molecule is CCOC(=O)CCN(Cc1ccccc1)C(=O)/C=C/c1cccs1. The van der Waals surface area contributed by atoms with Crippen molar-refractivity contribution in [2.45, 2.75) is 19.9 Å². The Kier molecular flexibility index (Phi) is 7.23. The number of esters is 1. The molecule has 126 valence electrons. The third-order valence-electron chi connectivity index (χ3n) is 3.35. The summed E-state index contributed by atoms with van der Waals surface area (Å²) in [6.45, 7) is 2.92. The molecule has 0 atom stereocenters. The van der Waals surface area contributed by atoms with E-state index in [1.807, 2.05) is 47.8 Å². The summed E-state index contributed by atoms with van der Waals surface area (Å²) in [4.78, 5) is 26.8. The lowest BCUT2D eigenvalue weighted by Gasteiger charge is -2.21. The van der Waals surface area contributed by atoms with E-state index in [-0.39, 0.29) is 18.3 Å². The van der Waals surface area contributed by atoms with Gasteiger partial charge < -0.3 is 9.64 Å². The summed E-state index contributed by atoms with van der Waals surface area (Å²) in [6.07, 6.45) is 3.55. The molecule has 2 aromatic rings. The highest BCUT2D eigenvalue weighted by Crippen LogP contribution is 2.12. The summed E-state index contributed by atoms with van der Waals surface area (Å²) in [6, 6.07) is 13.6. The molecule has 0 saturated carbocycles. The summed E-state index contributed by atoms with van der Waals surface area (Å²) in [5.41, 5.74) is 1.03. The van der Waals surface area contributed by atoms with E-state index in [1.165, 1.54) is 0 Å². The molecule has 5 heteroatoms. The summed E-state index contributed by atoms with van der Waals surface area (Å²) in [7, 11) is 0. The van der Waals surface area contributed by atoms with E-state index < -0.39 is 0 Å². The standard InChI is InChI=1S/C19H21NO3S/c1-2-23-19(22)12-13-20(15-16-7-4-3-5-8-16)18(21)11-10-17-9-6-14-24-17/h3-11,14H,2,12-13,15H2,1H3/b11-10+. The molecule has 0 bridgehead atoms. The van der Waals surface area contributed by atoms with Crippen LogP contribution in [0, 0.1) is 0 Å². The van der Waals surface area contributed by atoms with Gasteiger partial charge in [0.05, 0.1) is 13.0 Å². The van der Waals surface area contributed by atoms with E-state index in [0.717, 1.165) is 10.4 Å². The van der Waals surface area contributed by atoms with Crippen LogP contribution in [0.3, 0.4) is 0 Å². The first-order valence-electron chi connectivity index (χ1n) is 7.89. The molecule has 0 spiro atoms. The molecule has 24 heavy (non-hydrogen) atoms. The van der Waals surface area contributed by atoms with Crippen molar-refractivity contribution in [2.75, 3.05) is 13.2 Å². The van der Waals surface area contributed by atoms with Crippen molar-refractivity contribution in [1.29, 1.82) is 0 Å². The van der Waals surface area contributed by atoms with Gasteiger partial charge in [-0.2, -0.15) is 0 Å². The van der Waals surface area contributed by atoms with Crippen LogP contribution >= 0.6 is 11.3 Å². The van der Waals surface area contributed by atoms with E-state index in [4.69, 9.17) is 4.74 Å². The first-order valence-corrected chi connectivity index (χ1v) is 8.77. The molecule has 0 aliphatic carbocycles. The molecular weight excluding hydrogens is 322 g/mol. The van der Waals surface area contributed by atoms with Gasteiger partial charge in [0.1, 0.15) is 0 Å². The maximum atomic E-state index is 12.5. The van der Waals surface area contributed by atoms with Crippen molar-refractivity contribution in [3.63, 3.8) is 0 Å². The third-order valence-corrected chi connectivity index (χ3v) is 4.19. The fourth-order valence-electron chi connectivity index (χ4n) is 2.18. The molecule has 0 saturated heterocycles. The molecular formula is C19H21NO3S. The Bertz CT molecular complexity index is 665. The fourth-order valence-corrected chi connectivity index (χ4v) is 2.79. The van der Waals surface area contributed by atoms with Crippen LogP contribution in [0.5, 0.6) is 0 Å². The fraction of sp³-hybridized carbons (Fsp3) is 0.263. The minimum atomic E-state index is -0.286. The topological polar surface area (TPSA) is 46.6 Å². The Labute approximate surface area is 146 Å². The summed E-state index contributed by atoms with van der Waals surface area (Å²) >= 11 is 1.57. The summed E-state index contributed by atoms with van der Waals surface area (Å²) in [5.74, 6) is -0.401. The molecule has 1 aromatic carbocycles. The van der Waals surface area contributed by atoms with Crippen LogP contribution in [-0.4, -0.2) is 29.9 Å². The Morgan fingerprint density at radius 3 is 2.62 bits per heavy atom. The van der Waals surface area contributed by atoms with E-state index in [0.29, 0.717) is 19.7 Å². The van der Waals surface area contributed by atoms with Crippen molar-refractivity contribution in [3.8, 4) is 0 Å². The average molecular weight is 343 g/mol. The first-order chi connectivity index (χ1) is 11.7. The molecule has 0 fully saturated rings. The van der Waals surface area contributed by atoms with E-state index in [1.54, 1.807) is 35.3 Å². The Morgan fingerprint density at radius 2 is 1.96 bits per heavy atom. The second-order valence-corrected chi connectivity index (χ2v) is 6.13. The number of carbonyl (C=O) groups is 2. The third kappa shape index (κ3) is 6.01. The van der Waals surface area contributed by atoms with Gasteiger partial charge >= 0.3 is 5.97 Å². The zero-order valence-corrected chi connectivity index (χ0v) is 14.5. The lowest BCUT2D eigenvalue weighted by atomic mass is 10.2. The molecule has 2 rings (SSSR count). The molecule has 0 N–H and O–H groups in total. The van der Waals surface area contributed by atoms with Gasteiger partial charge in [-0.25, -0.2) is 0 Å². The van der Waals surface area contributed by atoms with Crippen LogP contribution in [-0.2, 0) is 20.9 Å². The molecule has 1 amide bonds. The van der Waals surface area contributed by atoms with Gasteiger partial charge in [-0.3, -0.25) is 9.59 Å². The highest BCUT2D eigenvalue weighted by atomic mass is 32.1. The lowest BCUT2D eigenvalue weighted by Crippen LogP contribution is -2.31. The number of nitrogens with zero attached hydrogens (tertiary/aromatic N) is 1. The van der Waals surface area contributed by atoms with Crippen LogP contribution in [0.15, 0.2) is 53.9 Å². The minimum Gasteiger partial charge on any atom is -0.466 e. The van der Waals surface area contributed by atoms with Crippen molar-refractivity contribution < 1.29 is 14.3 Å². The van der Waals surface area contributed by atoms with Crippen molar-refractivity contribution in [1.82, 2.24) is 4.90 Å². The number of rotatable bonds is 8. The van der Waals surface area contributed by atoms with Gasteiger partial charge in [0, 0.05) is 24.0 Å². The highest BCUT2D eigenvalue weighted by Gasteiger charge is 2.14. The van der Waals surface area contributed by atoms with Gasteiger partial charge in [0.25, 0.3) is 0 Å². The smallest absolute Gasteiger partial charge is 0.307 e. The van der Waals surface area contributed by atoms with Gasteiger partial charge in [-0.15, -0.1) is 11.3 Å². The molecule has 4 nitrogen and oxygen atoms in total. The average Bonchev–Trinajstić information content (AvgIpc) is 3.11. The summed E-state index contributed by atoms with van der Waals surface area (Å²) < 4.78 is 4.95. The second kappa shape index (κ2) is 9.67. The van der Waals surface area contributed by atoms with E-state index in [9.17, 15) is 9.59 Å². The van der Waals surface area contributed by atoms with Gasteiger partial charge in [0.15, 0.2) is 0 Å². The number of amides is 1. The number of carbonyl (C=O) groups excluding carboxylic acids is 2. The summed E-state index contributed by atoms with van der Waals surface area (Å²) in [5, 5.41) is 1.96. The molecule has 0 unspecified atom stereocenters. The van der Waals surface area contributed by atoms with Gasteiger partial charge in [0.2, 0.25) is 5.91 Å². The largest absolute Gasteiger partial charge is 0.466 e. The van der Waals surface area contributed by atoms with E-state index >= 15 is 0 Å². The normalized spacial score (nSPS) is 10.7. The Hall–Kier alpha value is -2.40. The van der Waals surface area contributed by atoms with Crippen molar-refractivity contribution in [3.05, 3.63) is 64.4 Å². The Balaban J connectivity index is 2.03. The number of hydrogen-bond donors (Lipinski definition) is 0. The number of thiophene rings is 1. The molecule has 0 aliphatic rings. The molecule has 0 aliphatic heterocycles. The van der Waals surface area contributed by atoms with Gasteiger partial charge in [-0.05, 0) is 30.0 Å². The van der Waals surface area contributed by atoms with Crippen molar-refractivity contribution in [2.24, 2.45) is 0 Å².